The molecule has 0 amide bonds. The van der Waals surface area contributed by atoms with Gasteiger partial charge in [-0.15, -0.1) is 0 Å². The van der Waals surface area contributed by atoms with Crippen LogP contribution in [0.3, 0.4) is 0 Å². The maximum Gasteiger partial charge on any atom is 0.0875 e. The van der Waals surface area contributed by atoms with E-state index < -0.39 is 0 Å². The average molecular weight is 206 g/mol. The van der Waals surface area contributed by atoms with Crippen molar-refractivity contribution in [2.45, 2.75) is 50.6 Å². The van der Waals surface area contributed by atoms with Crippen LogP contribution in [-0.2, 0) is 9.47 Å². The van der Waals surface area contributed by atoms with Crippen LogP contribution in [0, 0.1) is 17.8 Å². The summed E-state index contributed by atoms with van der Waals surface area (Å²) in [5.41, 5.74) is 0.185. The van der Waals surface area contributed by atoms with Crippen molar-refractivity contribution in [3.63, 3.8) is 0 Å². The van der Waals surface area contributed by atoms with E-state index in [1.54, 1.807) is 0 Å². The van der Waals surface area contributed by atoms with E-state index in [9.17, 15) is 0 Å². The predicted molar refractivity (Wildman–Crippen MR) is 56.5 cm³/mol. The van der Waals surface area contributed by atoms with Crippen molar-refractivity contribution in [1.29, 1.82) is 0 Å². The molecule has 7 atom stereocenters. The molecule has 3 aliphatic carbocycles. The summed E-state index contributed by atoms with van der Waals surface area (Å²) in [6, 6.07) is 0. The molecule has 4 rings (SSSR count). The maximum absolute atomic E-state index is 6.36. The molecule has 0 unspecified atom stereocenters. The lowest BCUT2D eigenvalue weighted by Crippen LogP contribution is -2.31. The van der Waals surface area contributed by atoms with Gasteiger partial charge in [-0.05, 0) is 26.7 Å². The molecule has 0 aromatic carbocycles. The largest absolute Gasteiger partial charge is 0.375 e. The highest BCUT2D eigenvalue weighted by atomic mass is 16.5. The number of ether oxygens (including phenoxy) is 2. The first-order valence-corrected chi connectivity index (χ1v) is 6.23. The first kappa shape index (κ1) is 8.77. The van der Waals surface area contributed by atoms with E-state index in [1.165, 1.54) is 6.42 Å². The summed E-state index contributed by atoms with van der Waals surface area (Å²) in [6.45, 7) is 4.38. The van der Waals surface area contributed by atoms with Gasteiger partial charge in [0.2, 0.25) is 0 Å². The maximum atomic E-state index is 6.36. The van der Waals surface area contributed by atoms with Crippen LogP contribution in [0.1, 0.15) is 26.7 Å². The Morgan fingerprint density at radius 1 is 1.13 bits per heavy atom. The van der Waals surface area contributed by atoms with Crippen molar-refractivity contribution >= 4 is 0 Å². The van der Waals surface area contributed by atoms with Crippen molar-refractivity contribution in [2.24, 2.45) is 17.8 Å². The van der Waals surface area contributed by atoms with Gasteiger partial charge in [-0.2, -0.15) is 0 Å². The van der Waals surface area contributed by atoms with Crippen LogP contribution in [0.4, 0.5) is 0 Å². The third-order valence-corrected chi connectivity index (χ3v) is 4.81. The highest BCUT2D eigenvalue weighted by Gasteiger charge is 2.78. The van der Waals surface area contributed by atoms with Crippen molar-refractivity contribution in [1.82, 2.24) is 0 Å². The summed E-state index contributed by atoms with van der Waals surface area (Å²) in [4.78, 5) is 0. The molecule has 82 valence electrons. The molecule has 1 saturated heterocycles. The Kier molecular flexibility index (Phi) is 1.46. The van der Waals surface area contributed by atoms with Gasteiger partial charge in [0.1, 0.15) is 0 Å². The second kappa shape index (κ2) is 2.49. The fourth-order valence-electron chi connectivity index (χ4n) is 4.39. The van der Waals surface area contributed by atoms with Crippen LogP contribution < -0.4 is 0 Å². The summed E-state index contributed by atoms with van der Waals surface area (Å²) < 4.78 is 12.5. The van der Waals surface area contributed by atoms with Gasteiger partial charge < -0.3 is 9.47 Å². The molecule has 0 aromatic heterocycles. The Morgan fingerprint density at radius 3 is 2.80 bits per heavy atom. The van der Waals surface area contributed by atoms with Crippen LogP contribution in [-0.4, -0.2) is 23.9 Å². The molecular formula is C13H18O2. The van der Waals surface area contributed by atoms with Gasteiger partial charge in [0.05, 0.1) is 23.9 Å². The fourth-order valence-corrected chi connectivity index (χ4v) is 4.39. The van der Waals surface area contributed by atoms with Gasteiger partial charge in [-0.3, -0.25) is 0 Å². The molecule has 0 aromatic rings. The summed E-state index contributed by atoms with van der Waals surface area (Å²) >= 11 is 0. The molecule has 2 saturated carbocycles. The Morgan fingerprint density at radius 2 is 2.00 bits per heavy atom. The minimum absolute atomic E-state index is 0.185. The molecule has 1 aliphatic heterocycles. The Bertz CT molecular complexity index is 337. The molecule has 1 spiro atoms. The third kappa shape index (κ3) is 0.891. The Labute approximate surface area is 90.6 Å². The Hall–Kier alpha value is -0.340. The lowest BCUT2D eigenvalue weighted by atomic mass is 10.0. The first-order valence-electron chi connectivity index (χ1n) is 6.23. The zero-order chi connectivity index (χ0) is 10.2. The van der Waals surface area contributed by atoms with Gasteiger partial charge in [0, 0.05) is 17.8 Å². The van der Waals surface area contributed by atoms with Gasteiger partial charge in [-0.1, -0.05) is 12.2 Å². The Balaban J connectivity index is 1.72. The lowest BCUT2D eigenvalue weighted by molar-refractivity contribution is -0.0939. The van der Waals surface area contributed by atoms with Crippen molar-refractivity contribution in [2.75, 3.05) is 0 Å². The molecule has 3 fully saturated rings. The van der Waals surface area contributed by atoms with Gasteiger partial charge in [0.15, 0.2) is 0 Å². The van der Waals surface area contributed by atoms with Gasteiger partial charge in [0.25, 0.3) is 0 Å². The molecule has 2 heteroatoms. The zero-order valence-corrected chi connectivity index (χ0v) is 9.35. The summed E-state index contributed by atoms with van der Waals surface area (Å²) in [5, 5.41) is 0. The smallest absolute Gasteiger partial charge is 0.0875 e. The third-order valence-electron chi connectivity index (χ3n) is 4.81. The minimum Gasteiger partial charge on any atom is -0.375 e. The fraction of sp³-hybridized carbons (Fsp3) is 0.846. The number of rotatable bonds is 0. The second-order valence-electron chi connectivity index (χ2n) is 5.78. The van der Waals surface area contributed by atoms with Gasteiger partial charge in [-0.25, -0.2) is 0 Å². The normalized spacial score (nSPS) is 64.9. The minimum atomic E-state index is 0.185. The molecule has 0 radical (unpaired) electrons. The predicted octanol–water partition coefficient (Wildman–Crippen LogP) is 2.14. The average Bonchev–Trinajstić information content (AvgIpc) is 2.56. The first-order chi connectivity index (χ1) is 7.22. The second-order valence-corrected chi connectivity index (χ2v) is 5.78. The van der Waals surface area contributed by atoms with Crippen LogP contribution in [0.2, 0.25) is 0 Å². The topological polar surface area (TPSA) is 18.5 Å². The van der Waals surface area contributed by atoms with Crippen LogP contribution in [0.25, 0.3) is 0 Å². The van der Waals surface area contributed by atoms with E-state index in [4.69, 9.17) is 9.47 Å². The summed E-state index contributed by atoms with van der Waals surface area (Å²) in [5.74, 6) is 2.00. The highest BCUT2D eigenvalue weighted by molar-refractivity contribution is 5.38. The van der Waals surface area contributed by atoms with E-state index in [-0.39, 0.29) is 5.60 Å². The van der Waals surface area contributed by atoms with Crippen molar-refractivity contribution < 1.29 is 9.47 Å². The lowest BCUT2D eigenvalue weighted by Gasteiger charge is -2.27. The van der Waals surface area contributed by atoms with E-state index in [0.29, 0.717) is 36.1 Å². The van der Waals surface area contributed by atoms with Crippen molar-refractivity contribution in [3.8, 4) is 0 Å². The molecule has 2 nitrogen and oxygen atoms in total. The molecular weight excluding hydrogens is 188 g/mol. The molecule has 2 bridgehead atoms. The van der Waals surface area contributed by atoms with E-state index in [0.717, 1.165) is 6.42 Å². The van der Waals surface area contributed by atoms with E-state index >= 15 is 0 Å². The van der Waals surface area contributed by atoms with Gasteiger partial charge >= 0.3 is 0 Å². The van der Waals surface area contributed by atoms with Crippen LogP contribution in [0.5, 0.6) is 0 Å². The van der Waals surface area contributed by atoms with E-state index in [2.05, 4.69) is 26.0 Å². The van der Waals surface area contributed by atoms with Crippen LogP contribution in [0.15, 0.2) is 12.2 Å². The zero-order valence-electron chi connectivity index (χ0n) is 9.35. The SMILES string of the molecule is C[C@@H]1C[C@@H](C)O[C@]23[C@@H]4[C@@H](C[C@H]2C=C[C@@H]43)O1. The number of hydrogen-bond acceptors (Lipinski definition) is 2. The standard InChI is InChI=1S/C13H18O2/c1-7-5-8(2)15-13-9-3-4-10(13)12(13)11(6-9)14-7/h3-4,7-12H,5-6H2,1-2H3/t7-,8-,9-,10+,11-,12+,13-/m1/s1. The summed E-state index contributed by atoms with van der Waals surface area (Å²) in [7, 11) is 0. The molecule has 15 heavy (non-hydrogen) atoms. The highest BCUT2D eigenvalue weighted by Crippen LogP contribution is 2.72. The van der Waals surface area contributed by atoms with E-state index in [1.807, 2.05) is 0 Å². The molecule has 0 N–H and O–H groups in total. The molecule has 1 heterocycles. The number of hydrogen-bond donors (Lipinski definition) is 0. The monoisotopic (exact) mass is 206 g/mol. The molecule has 4 aliphatic rings. The van der Waals surface area contributed by atoms with Crippen LogP contribution >= 0.6 is 0 Å². The summed E-state index contributed by atoms with van der Waals surface area (Å²) in [6.07, 6.45) is 8.17. The van der Waals surface area contributed by atoms with Crippen molar-refractivity contribution in [3.05, 3.63) is 12.2 Å². The quantitative estimate of drug-likeness (QED) is 0.565.